The molecular weight excluding hydrogens is 189 g/mol. The van der Waals surface area contributed by atoms with Crippen molar-refractivity contribution in [2.24, 2.45) is 5.73 Å². The lowest BCUT2D eigenvalue weighted by molar-refractivity contribution is 0.203. The Hall–Kier alpha value is -0.600. The summed E-state index contributed by atoms with van der Waals surface area (Å²) in [7, 11) is 0. The number of benzene rings is 1. The molecule has 1 nitrogen and oxygen atoms in total. The van der Waals surface area contributed by atoms with Gasteiger partial charge in [0.05, 0.1) is 0 Å². The van der Waals surface area contributed by atoms with Gasteiger partial charge in [-0.15, -0.1) is 0 Å². The Kier molecular flexibility index (Phi) is 2.94. The van der Waals surface area contributed by atoms with Gasteiger partial charge in [0.25, 0.3) is 0 Å². The van der Waals surface area contributed by atoms with E-state index in [0.29, 0.717) is 10.6 Å². The fourth-order valence-corrected chi connectivity index (χ4v) is 1.22. The first-order valence-electron chi connectivity index (χ1n) is 4.13. The van der Waals surface area contributed by atoms with Crippen molar-refractivity contribution in [2.75, 3.05) is 6.54 Å². The summed E-state index contributed by atoms with van der Waals surface area (Å²) in [6.45, 7) is 3.30. The second kappa shape index (κ2) is 3.64. The van der Waals surface area contributed by atoms with E-state index in [4.69, 9.17) is 17.3 Å². The van der Waals surface area contributed by atoms with Gasteiger partial charge in [-0.3, -0.25) is 0 Å². The molecule has 0 fully saturated rings. The first kappa shape index (κ1) is 10.5. The minimum absolute atomic E-state index is 0.0353. The molecule has 13 heavy (non-hydrogen) atoms. The third kappa shape index (κ3) is 2.20. The summed E-state index contributed by atoms with van der Waals surface area (Å²) in [4.78, 5) is 0. The molecule has 2 N–H and O–H groups in total. The molecule has 0 saturated heterocycles. The van der Waals surface area contributed by atoms with Crippen molar-refractivity contribution in [3.63, 3.8) is 0 Å². The highest BCUT2D eigenvalue weighted by atomic mass is 35.5. The van der Waals surface area contributed by atoms with E-state index in [1.54, 1.807) is 18.2 Å². The fourth-order valence-electron chi connectivity index (χ4n) is 1.03. The Morgan fingerprint density at radius 3 is 2.62 bits per heavy atom. The van der Waals surface area contributed by atoms with Crippen LogP contribution in [0, 0.1) is 6.92 Å². The zero-order chi connectivity index (χ0) is 10.1. The maximum absolute atomic E-state index is 13.7. The van der Waals surface area contributed by atoms with Crippen molar-refractivity contribution in [2.45, 2.75) is 19.5 Å². The number of alkyl halides is 1. The highest BCUT2D eigenvalue weighted by Crippen LogP contribution is 2.27. The SMILES string of the molecule is Cc1ccc(C(C)(F)CN)cc1Cl. The van der Waals surface area contributed by atoms with Gasteiger partial charge in [0.15, 0.2) is 0 Å². The molecule has 0 saturated carbocycles. The molecule has 0 heterocycles. The minimum atomic E-state index is -1.49. The van der Waals surface area contributed by atoms with Crippen molar-refractivity contribution in [3.05, 3.63) is 34.3 Å². The van der Waals surface area contributed by atoms with Gasteiger partial charge in [0.2, 0.25) is 0 Å². The number of hydrogen-bond donors (Lipinski definition) is 1. The number of rotatable bonds is 2. The van der Waals surface area contributed by atoms with E-state index in [0.717, 1.165) is 5.56 Å². The van der Waals surface area contributed by atoms with E-state index in [1.165, 1.54) is 6.92 Å². The van der Waals surface area contributed by atoms with Gasteiger partial charge in [0.1, 0.15) is 5.67 Å². The van der Waals surface area contributed by atoms with Crippen molar-refractivity contribution in [1.82, 2.24) is 0 Å². The molecule has 1 aromatic carbocycles. The number of halogens is 2. The van der Waals surface area contributed by atoms with Crippen LogP contribution in [-0.2, 0) is 5.67 Å². The van der Waals surface area contributed by atoms with Gasteiger partial charge in [-0.25, -0.2) is 4.39 Å². The van der Waals surface area contributed by atoms with Gasteiger partial charge >= 0.3 is 0 Å². The first-order valence-corrected chi connectivity index (χ1v) is 4.51. The Morgan fingerprint density at radius 1 is 1.54 bits per heavy atom. The summed E-state index contributed by atoms with van der Waals surface area (Å²) < 4.78 is 13.7. The molecule has 1 atom stereocenters. The van der Waals surface area contributed by atoms with Crippen LogP contribution in [0.3, 0.4) is 0 Å². The third-order valence-electron chi connectivity index (χ3n) is 2.16. The molecular formula is C10H13ClFN. The van der Waals surface area contributed by atoms with Gasteiger partial charge in [-0.2, -0.15) is 0 Å². The molecule has 0 aliphatic heterocycles. The average molecular weight is 202 g/mol. The summed E-state index contributed by atoms with van der Waals surface area (Å²) in [6.07, 6.45) is 0. The average Bonchev–Trinajstić information content (AvgIpc) is 2.09. The molecule has 1 aromatic rings. The second-order valence-corrected chi connectivity index (χ2v) is 3.77. The Balaban J connectivity index is 3.10. The highest BCUT2D eigenvalue weighted by Gasteiger charge is 2.23. The fraction of sp³-hybridized carbons (Fsp3) is 0.400. The number of nitrogens with two attached hydrogens (primary N) is 1. The summed E-state index contributed by atoms with van der Waals surface area (Å²) >= 11 is 5.87. The van der Waals surface area contributed by atoms with E-state index >= 15 is 0 Å². The predicted octanol–water partition coefficient (Wildman–Crippen LogP) is 2.79. The standard InChI is InChI=1S/C10H13ClFN/c1-7-3-4-8(5-9(7)11)10(2,12)6-13/h3-5H,6,13H2,1-2H3. The van der Waals surface area contributed by atoms with Gasteiger partial charge in [-0.05, 0) is 31.0 Å². The molecule has 1 unspecified atom stereocenters. The van der Waals surface area contributed by atoms with Crippen LogP contribution in [0.4, 0.5) is 4.39 Å². The summed E-state index contributed by atoms with van der Waals surface area (Å²) in [5.74, 6) is 0. The quantitative estimate of drug-likeness (QED) is 0.783. The lowest BCUT2D eigenvalue weighted by Crippen LogP contribution is -2.26. The molecule has 0 aliphatic carbocycles. The van der Waals surface area contributed by atoms with Crippen LogP contribution in [0.2, 0.25) is 5.02 Å². The molecule has 0 bridgehead atoms. The van der Waals surface area contributed by atoms with Crippen LogP contribution in [0.15, 0.2) is 18.2 Å². The van der Waals surface area contributed by atoms with Crippen LogP contribution in [0.5, 0.6) is 0 Å². The molecule has 1 rings (SSSR count). The van der Waals surface area contributed by atoms with Gasteiger partial charge < -0.3 is 5.73 Å². The van der Waals surface area contributed by atoms with Crippen LogP contribution >= 0.6 is 11.6 Å². The van der Waals surface area contributed by atoms with E-state index in [9.17, 15) is 4.39 Å². The highest BCUT2D eigenvalue weighted by molar-refractivity contribution is 6.31. The molecule has 0 amide bonds. The van der Waals surface area contributed by atoms with Crippen molar-refractivity contribution in [1.29, 1.82) is 0 Å². The molecule has 72 valence electrons. The molecule has 0 radical (unpaired) electrons. The molecule has 3 heteroatoms. The van der Waals surface area contributed by atoms with Crippen molar-refractivity contribution >= 4 is 11.6 Å². The van der Waals surface area contributed by atoms with Crippen LogP contribution in [-0.4, -0.2) is 6.54 Å². The lowest BCUT2D eigenvalue weighted by atomic mass is 9.97. The largest absolute Gasteiger partial charge is 0.327 e. The normalized spacial score (nSPS) is 15.5. The maximum atomic E-state index is 13.7. The Morgan fingerprint density at radius 2 is 2.15 bits per heavy atom. The topological polar surface area (TPSA) is 26.0 Å². The van der Waals surface area contributed by atoms with Gasteiger partial charge in [-0.1, -0.05) is 23.7 Å². The predicted molar refractivity (Wildman–Crippen MR) is 53.7 cm³/mol. The number of hydrogen-bond acceptors (Lipinski definition) is 1. The van der Waals surface area contributed by atoms with E-state index in [2.05, 4.69) is 0 Å². The molecule has 0 spiro atoms. The van der Waals surface area contributed by atoms with Gasteiger partial charge in [0, 0.05) is 11.6 Å². The summed E-state index contributed by atoms with van der Waals surface area (Å²) in [6, 6.07) is 5.14. The zero-order valence-corrected chi connectivity index (χ0v) is 8.53. The van der Waals surface area contributed by atoms with Crippen LogP contribution in [0.25, 0.3) is 0 Å². The van der Waals surface area contributed by atoms with Crippen LogP contribution < -0.4 is 5.73 Å². The lowest BCUT2D eigenvalue weighted by Gasteiger charge is -2.18. The maximum Gasteiger partial charge on any atom is 0.145 e. The molecule has 0 aromatic heterocycles. The first-order chi connectivity index (χ1) is 5.97. The zero-order valence-electron chi connectivity index (χ0n) is 7.77. The summed E-state index contributed by atoms with van der Waals surface area (Å²) in [5, 5.41) is 0.579. The van der Waals surface area contributed by atoms with Crippen molar-refractivity contribution < 1.29 is 4.39 Å². The van der Waals surface area contributed by atoms with E-state index < -0.39 is 5.67 Å². The van der Waals surface area contributed by atoms with E-state index in [-0.39, 0.29) is 6.54 Å². The van der Waals surface area contributed by atoms with Crippen molar-refractivity contribution in [3.8, 4) is 0 Å². The van der Waals surface area contributed by atoms with Crippen LogP contribution in [0.1, 0.15) is 18.1 Å². The minimum Gasteiger partial charge on any atom is -0.327 e. The smallest absolute Gasteiger partial charge is 0.145 e. The summed E-state index contributed by atoms with van der Waals surface area (Å²) in [5.41, 5.74) is 5.30. The second-order valence-electron chi connectivity index (χ2n) is 3.37. The Bertz CT molecular complexity index is 310. The number of aryl methyl sites for hydroxylation is 1. The molecule has 0 aliphatic rings. The third-order valence-corrected chi connectivity index (χ3v) is 2.56. The van der Waals surface area contributed by atoms with E-state index in [1.807, 2.05) is 6.92 Å². The Labute approximate surface area is 82.7 Å². The monoisotopic (exact) mass is 201 g/mol.